The molecule has 1 saturated heterocycles. The van der Waals surface area contributed by atoms with Crippen LogP contribution in [-0.2, 0) is 4.79 Å². The number of nitrogens with zero attached hydrogens (tertiary/aromatic N) is 1. The smallest absolute Gasteiger partial charge is 0.236 e. The Morgan fingerprint density at radius 2 is 2.07 bits per heavy atom. The van der Waals surface area contributed by atoms with Crippen LogP contribution in [0.25, 0.3) is 0 Å². The molecule has 0 aromatic carbocycles. The summed E-state index contributed by atoms with van der Waals surface area (Å²) in [6.45, 7) is 5.93. The van der Waals surface area contributed by atoms with Gasteiger partial charge in [-0.25, -0.2) is 0 Å². The quantitative estimate of drug-likeness (QED) is 0.668. The molecule has 0 aromatic heterocycles. The maximum absolute atomic E-state index is 11.6. The molecule has 1 aliphatic rings. The number of terminal acetylenes is 1. The van der Waals surface area contributed by atoms with Gasteiger partial charge in [0.1, 0.15) is 0 Å². The van der Waals surface area contributed by atoms with E-state index >= 15 is 0 Å². The summed E-state index contributed by atoms with van der Waals surface area (Å²) in [5, 5.41) is 3.06. The second kappa shape index (κ2) is 4.47. The van der Waals surface area contributed by atoms with Crippen molar-refractivity contribution in [1.29, 1.82) is 0 Å². The monoisotopic (exact) mass is 194 g/mol. The van der Waals surface area contributed by atoms with Gasteiger partial charge in [-0.2, -0.15) is 0 Å². The third-order valence-electron chi connectivity index (χ3n) is 2.50. The molecular formula is C11H18N2O. The number of amides is 1. The Hall–Kier alpha value is -1.01. The minimum atomic E-state index is -0.393. The Balaban J connectivity index is 2.31. The van der Waals surface area contributed by atoms with Crippen LogP contribution in [0, 0.1) is 12.3 Å². The van der Waals surface area contributed by atoms with Crippen LogP contribution in [-0.4, -0.2) is 36.0 Å². The van der Waals surface area contributed by atoms with Crippen molar-refractivity contribution in [1.82, 2.24) is 10.2 Å². The standard InChI is InChI=1S/C11H18N2O/c1-4-11(2,3)12-9-10(14)13-7-5-6-8-13/h1,12H,5-9H2,2-3H3. The average Bonchev–Trinajstić information content (AvgIpc) is 2.67. The normalized spacial score (nSPS) is 16.8. The van der Waals surface area contributed by atoms with E-state index < -0.39 is 5.54 Å². The molecule has 14 heavy (non-hydrogen) atoms. The van der Waals surface area contributed by atoms with Crippen LogP contribution in [0.3, 0.4) is 0 Å². The van der Waals surface area contributed by atoms with Gasteiger partial charge >= 0.3 is 0 Å². The summed E-state index contributed by atoms with van der Waals surface area (Å²) < 4.78 is 0. The molecule has 78 valence electrons. The fourth-order valence-electron chi connectivity index (χ4n) is 1.43. The highest BCUT2D eigenvalue weighted by Gasteiger charge is 2.20. The molecule has 0 unspecified atom stereocenters. The molecule has 0 atom stereocenters. The number of nitrogens with one attached hydrogen (secondary N) is 1. The predicted molar refractivity (Wildman–Crippen MR) is 56.7 cm³/mol. The molecule has 0 aliphatic carbocycles. The SMILES string of the molecule is C#CC(C)(C)NCC(=O)N1CCCC1. The highest BCUT2D eigenvalue weighted by Crippen LogP contribution is 2.07. The molecule has 0 aromatic rings. The van der Waals surface area contributed by atoms with Gasteiger partial charge in [0.25, 0.3) is 0 Å². The average molecular weight is 194 g/mol. The lowest BCUT2D eigenvalue weighted by Crippen LogP contribution is -2.45. The lowest BCUT2D eigenvalue weighted by atomic mass is 10.1. The Morgan fingerprint density at radius 1 is 1.50 bits per heavy atom. The number of rotatable bonds is 3. The van der Waals surface area contributed by atoms with Crippen molar-refractivity contribution in [2.45, 2.75) is 32.2 Å². The topological polar surface area (TPSA) is 32.3 Å². The van der Waals surface area contributed by atoms with Crippen LogP contribution in [0.4, 0.5) is 0 Å². The van der Waals surface area contributed by atoms with E-state index in [4.69, 9.17) is 6.42 Å². The van der Waals surface area contributed by atoms with Crippen LogP contribution in [0.5, 0.6) is 0 Å². The first-order chi connectivity index (χ1) is 6.55. The minimum absolute atomic E-state index is 0.158. The van der Waals surface area contributed by atoms with E-state index in [1.807, 2.05) is 18.7 Å². The lowest BCUT2D eigenvalue weighted by molar-refractivity contribution is -0.129. The summed E-state index contributed by atoms with van der Waals surface area (Å²) in [6, 6.07) is 0. The molecule has 0 saturated carbocycles. The number of likely N-dealkylation sites (tertiary alicyclic amines) is 1. The van der Waals surface area contributed by atoms with Gasteiger partial charge in [-0.05, 0) is 26.7 Å². The molecule has 1 amide bonds. The number of carbonyl (C=O) groups is 1. The van der Waals surface area contributed by atoms with E-state index in [1.165, 1.54) is 0 Å². The highest BCUT2D eigenvalue weighted by molar-refractivity contribution is 5.78. The Bertz CT molecular complexity index is 247. The van der Waals surface area contributed by atoms with E-state index in [2.05, 4.69) is 11.2 Å². The maximum atomic E-state index is 11.6. The van der Waals surface area contributed by atoms with Crippen molar-refractivity contribution >= 4 is 5.91 Å². The van der Waals surface area contributed by atoms with E-state index in [1.54, 1.807) is 0 Å². The molecule has 1 heterocycles. The zero-order valence-corrected chi connectivity index (χ0v) is 8.97. The summed E-state index contributed by atoms with van der Waals surface area (Å²) in [7, 11) is 0. The molecule has 3 heteroatoms. The zero-order chi connectivity index (χ0) is 10.6. The van der Waals surface area contributed by atoms with Crippen LogP contribution in [0.15, 0.2) is 0 Å². The maximum Gasteiger partial charge on any atom is 0.236 e. The molecular weight excluding hydrogens is 176 g/mol. The minimum Gasteiger partial charge on any atom is -0.342 e. The van der Waals surface area contributed by atoms with Crippen molar-refractivity contribution in [2.75, 3.05) is 19.6 Å². The van der Waals surface area contributed by atoms with Gasteiger partial charge < -0.3 is 4.90 Å². The first kappa shape index (κ1) is 11.1. The van der Waals surface area contributed by atoms with Gasteiger partial charge in [0.05, 0.1) is 12.1 Å². The predicted octanol–water partition coefficient (Wildman–Crippen LogP) is 0.610. The van der Waals surface area contributed by atoms with E-state index in [9.17, 15) is 4.79 Å². The Morgan fingerprint density at radius 3 is 2.57 bits per heavy atom. The van der Waals surface area contributed by atoms with Gasteiger partial charge in [-0.3, -0.25) is 10.1 Å². The Labute approximate surface area is 85.9 Å². The summed E-state index contributed by atoms with van der Waals surface area (Å²) in [5.41, 5.74) is -0.393. The van der Waals surface area contributed by atoms with Gasteiger partial charge in [0, 0.05) is 13.1 Å². The second-order valence-corrected chi connectivity index (χ2v) is 4.21. The van der Waals surface area contributed by atoms with Crippen LogP contribution >= 0.6 is 0 Å². The van der Waals surface area contributed by atoms with Crippen LogP contribution < -0.4 is 5.32 Å². The molecule has 0 bridgehead atoms. The third-order valence-corrected chi connectivity index (χ3v) is 2.50. The molecule has 0 spiro atoms. The van der Waals surface area contributed by atoms with Gasteiger partial charge in [0.2, 0.25) is 5.91 Å². The van der Waals surface area contributed by atoms with Crippen LogP contribution in [0.2, 0.25) is 0 Å². The molecule has 1 aliphatic heterocycles. The first-order valence-corrected chi connectivity index (χ1v) is 5.06. The van der Waals surface area contributed by atoms with Gasteiger partial charge in [0.15, 0.2) is 0 Å². The van der Waals surface area contributed by atoms with Gasteiger partial charge in [-0.15, -0.1) is 6.42 Å². The second-order valence-electron chi connectivity index (χ2n) is 4.21. The third kappa shape index (κ3) is 3.04. The lowest BCUT2D eigenvalue weighted by Gasteiger charge is -2.22. The highest BCUT2D eigenvalue weighted by atomic mass is 16.2. The van der Waals surface area contributed by atoms with Crippen molar-refractivity contribution in [3.63, 3.8) is 0 Å². The van der Waals surface area contributed by atoms with Crippen molar-refractivity contribution in [2.24, 2.45) is 0 Å². The van der Waals surface area contributed by atoms with Crippen LogP contribution in [0.1, 0.15) is 26.7 Å². The van der Waals surface area contributed by atoms with Crippen molar-refractivity contribution < 1.29 is 4.79 Å². The van der Waals surface area contributed by atoms with E-state index in [0.717, 1.165) is 25.9 Å². The molecule has 0 radical (unpaired) electrons. The van der Waals surface area contributed by atoms with E-state index in [0.29, 0.717) is 6.54 Å². The zero-order valence-electron chi connectivity index (χ0n) is 8.97. The first-order valence-electron chi connectivity index (χ1n) is 5.06. The summed E-state index contributed by atoms with van der Waals surface area (Å²) >= 11 is 0. The van der Waals surface area contributed by atoms with E-state index in [-0.39, 0.29) is 5.91 Å². The molecule has 1 rings (SSSR count). The molecule has 1 N–H and O–H groups in total. The fourth-order valence-corrected chi connectivity index (χ4v) is 1.43. The Kier molecular flexibility index (Phi) is 3.54. The number of hydrogen-bond acceptors (Lipinski definition) is 2. The molecule has 3 nitrogen and oxygen atoms in total. The summed E-state index contributed by atoms with van der Waals surface area (Å²) in [4.78, 5) is 13.5. The van der Waals surface area contributed by atoms with Crippen molar-refractivity contribution in [3.8, 4) is 12.3 Å². The summed E-state index contributed by atoms with van der Waals surface area (Å²) in [5.74, 6) is 2.76. The van der Waals surface area contributed by atoms with Gasteiger partial charge in [-0.1, -0.05) is 5.92 Å². The number of hydrogen-bond donors (Lipinski definition) is 1. The van der Waals surface area contributed by atoms with Crippen molar-refractivity contribution in [3.05, 3.63) is 0 Å². The number of carbonyl (C=O) groups excluding carboxylic acids is 1. The molecule has 1 fully saturated rings. The largest absolute Gasteiger partial charge is 0.342 e. The summed E-state index contributed by atoms with van der Waals surface area (Å²) in [6.07, 6.45) is 7.57. The fraction of sp³-hybridized carbons (Fsp3) is 0.727.